The summed E-state index contributed by atoms with van der Waals surface area (Å²) in [5.74, 6) is 1.87. The fraction of sp³-hybridized carbons (Fsp3) is 0.338. The summed E-state index contributed by atoms with van der Waals surface area (Å²) < 4.78 is 2.69. The molecule has 12 rings (SSSR count). The lowest BCUT2D eigenvalue weighted by Gasteiger charge is -2.44. The van der Waals surface area contributed by atoms with E-state index in [1.54, 1.807) is 0 Å². The molecule has 4 aliphatic rings. The molecule has 2 aliphatic heterocycles. The van der Waals surface area contributed by atoms with Crippen molar-refractivity contribution >= 4 is 95.3 Å². The predicted molar refractivity (Wildman–Crippen MR) is 307 cm³/mol. The minimum Gasteiger partial charge on any atom is -0.310 e. The molecule has 0 atom stereocenters. The maximum Gasteiger partial charge on any atom is 0.266 e. The standard InChI is InChI=1S/C65H69BN4S/c1-60(2,3)40-25-28-44(29-26-40)69-53-37-55(68(42-21-17-15-18-22-42)43-23-19-16-20-24-43)67-59-56(53)66(58-57(69)46-33-41(61(4,5)6)27-32-54(46)71-58)51-35-49-50(65(13,14)39-64(49,11)12)36-52(51)70(59)45-30-31-47-48(34-45)63(9,10)38-62(47,7)8/h15-37H,38-39H2,1-14H3. The van der Waals surface area contributed by atoms with E-state index >= 15 is 0 Å². The van der Waals surface area contributed by atoms with E-state index in [4.69, 9.17) is 4.98 Å². The van der Waals surface area contributed by atoms with E-state index in [-0.39, 0.29) is 39.2 Å². The SMILES string of the molecule is CC(C)(C)c1ccc(N2c3cc(N(c4ccccc4)c4ccccc4)nc4c3B(c3cc5c(cc3N4c3ccc4c(c3)C(C)(C)CC4(C)C)C(C)(C)CC5(C)C)c3sc4ccc(C(C)(C)C)cc4c32)cc1. The van der Waals surface area contributed by atoms with Gasteiger partial charge in [0.15, 0.2) is 0 Å². The topological polar surface area (TPSA) is 22.6 Å². The third-order valence-corrected chi connectivity index (χ3v) is 17.9. The third kappa shape index (κ3) is 7.08. The number of aromatic nitrogens is 1. The lowest BCUT2D eigenvalue weighted by atomic mass is 9.36. The van der Waals surface area contributed by atoms with Crippen LogP contribution < -0.4 is 30.4 Å². The molecule has 0 saturated heterocycles. The van der Waals surface area contributed by atoms with Crippen LogP contribution in [0.3, 0.4) is 0 Å². The van der Waals surface area contributed by atoms with E-state index < -0.39 is 0 Å². The summed E-state index contributed by atoms with van der Waals surface area (Å²) in [6.07, 6.45) is 2.20. The first kappa shape index (κ1) is 46.0. The smallest absolute Gasteiger partial charge is 0.266 e. The molecule has 2 aliphatic carbocycles. The lowest BCUT2D eigenvalue weighted by Crippen LogP contribution is -2.61. The fourth-order valence-electron chi connectivity index (χ4n) is 13.7. The second kappa shape index (κ2) is 15.2. The van der Waals surface area contributed by atoms with Crippen molar-refractivity contribution in [2.24, 2.45) is 0 Å². The highest BCUT2D eigenvalue weighted by atomic mass is 32.1. The molecule has 0 amide bonds. The van der Waals surface area contributed by atoms with Crippen LogP contribution in [0.15, 0.2) is 140 Å². The molecule has 0 spiro atoms. The van der Waals surface area contributed by atoms with Crippen molar-refractivity contribution in [1.29, 1.82) is 0 Å². The van der Waals surface area contributed by atoms with Crippen molar-refractivity contribution in [3.63, 3.8) is 0 Å². The summed E-state index contributed by atoms with van der Waals surface area (Å²) in [5, 5.41) is 1.31. The molecule has 6 heteroatoms. The molecule has 0 unspecified atom stereocenters. The van der Waals surface area contributed by atoms with Crippen LogP contribution in [-0.4, -0.2) is 11.7 Å². The summed E-state index contributed by atoms with van der Waals surface area (Å²) in [6.45, 7) is 33.5. The van der Waals surface area contributed by atoms with E-state index in [1.807, 2.05) is 11.3 Å². The monoisotopic (exact) mass is 949 g/mol. The van der Waals surface area contributed by atoms with E-state index in [0.717, 1.165) is 41.5 Å². The van der Waals surface area contributed by atoms with E-state index in [9.17, 15) is 0 Å². The highest BCUT2D eigenvalue weighted by Gasteiger charge is 2.51. The van der Waals surface area contributed by atoms with Gasteiger partial charge in [0.2, 0.25) is 0 Å². The first-order valence-electron chi connectivity index (χ1n) is 26.0. The zero-order chi connectivity index (χ0) is 49.9. The Morgan fingerprint density at radius 3 is 1.65 bits per heavy atom. The zero-order valence-electron chi connectivity index (χ0n) is 44.5. The highest BCUT2D eigenvalue weighted by molar-refractivity contribution is 7.33. The van der Waals surface area contributed by atoms with Crippen molar-refractivity contribution in [2.45, 2.75) is 142 Å². The predicted octanol–water partition coefficient (Wildman–Crippen LogP) is 16.4. The van der Waals surface area contributed by atoms with Gasteiger partial charge in [-0.1, -0.05) is 164 Å². The molecule has 0 bridgehead atoms. The summed E-state index contributed by atoms with van der Waals surface area (Å²) in [5.41, 5.74) is 19.3. The molecule has 0 fully saturated rings. The molecule has 2 aromatic heterocycles. The molecule has 0 N–H and O–H groups in total. The average Bonchev–Trinajstić information content (AvgIpc) is 3.84. The van der Waals surface area contributed by atoms with Crippen molar-refractivity contribution < 1.29 is 0 Å². The van der Waals surface area contributed by atoms with Gasteiger partial charge in [-0.2, -0.15) is 0 Å². The van der Waals surface area contributed by atoms with Crippen molar-refractivity contribution in [2.75, 3.05) is 14.7 Å². The summed E-state index contributed by atoms with van der Waals surface area (Å²) in [4.78, 5) is 13.7. The van der Waals surface area contributed by atoms with Gasteiger partial charge in [-0.15, -0.1) is 11.3 Å². The van der Waals surface area contributed by atoms with Gasteiger partial charge in [0.1, 0.15) is 11.6 Å². The van der Waals surface area contributed by atoms with Crippen molar-refractivity contribution in [3.05, 3.63) is 173 Å². The van der Waals surface area contributed by atoms with Gasteiger partial charge >= 0.3 is 0 Å². The molecule has 4 nitrogen and oxygen atoms in total. The van der Waals surface area contributed by atoms with E-state index in [1.165, 1.54) is 81.9 Å². The Kier molecular flexibility index (Phi) is 9.86. The molecule has 71 heavy (non-hydrogen) atoms. The molecule has 0 saturated carbocycles. The van der Waals surface area contributed by atoms with Gasteiger partial charge in [-0.05, 0) is 156 Å². The lowest BCUT2D eigenvalue weighted by molar-refractivity contribution is 0.403. The van der Waals surface area contributed by atoms with E-state index in [2.05, 4.69) is 251 Å². The first-order chi connectivity index (χ1) is 33.4. The summed E-state index contributed by atoms with van der Waals surface area (Å²) >= 11 is 1.98. The number of thiophene rings is 1. The minimum atomic E-state index is -0.0556. The second-order valence-electron chi connectivity index (χ2n) is 26.0. The largest absolute Gasteiger partial charge is 0.310 e. The molecular formula is C65H69BN4S. The van der Waals surface area contributed by atoms with Gasteiger partial charge in [-0.25, -0.2) is 4.98 Å². The fourth-order valence-corrected chi connectivity index (χ4v) is 15.0. The molecule has 8 aromatic rings. The van der Waals surface area contributed by atoms with Crippen molar-refractivity contribution in [3.8, 4) is 0 Å². The summed E-state index contributed by atoms with van der Waals surface area (Å²) in [7, 11) is 0. The minimum absolute atomic E-state index is 0.00364. The van der Waals surface area contributed by atoms with Crippen molar-refractivity contribution in [1.82, 2.24) is 4.98 Å². The maximum atomic E-state index is 6.11. The Balaban J connectivity index is 1.25. The van der Waals surface area contributed by atoms with Gasteiger partial charge < -0.3 is 4.90 Å². The summed E-state index contributed by atoms with van der Waals surface area (Å²) in [6, 6.07) is 53.4. The van der Waals surface area contributed by atoms with Gasteiger partial charge in [-0.3, -0.25) is 9.80 Å². The number of anilines is 9. The third-order valence-electron chi connectivity index (χ3n) is 16.7. The number of pyridine rings is 1. The highest BCUT2D eigenvalue weighted by Crippen LogP contribution is 2.56. The van der Waals surface area contributed by atoms with E-state index in [0.29, 0.717) is 0 Å². The van der Waals surface area contributed by atoms with Gasteiger partial charge in [0.05, 0.1) is 5.69 Å². The molecule has 0 radical (unpaired) electrons. The Morgan fingerprint density at radius 2 is 1.06 bits per heavy atom. The quantitative estimate of drug-likeness (QED) is 0.160. The molecular weight excluding hydrogens is 880 g/mol. The number of hydrogen-bond donors (Lipinski definition) is 0. The normalized spacial score (nSPS) is 17.7. The number of para-hydroxylation sites is 2. The molecule has 358 valence electrons. The van der Waals surface area contributed by atoms with Crippen LogP contribution in [0, 0.1) is 0 Å². The van der Waals surface area contributed by atoms with Crippen LogP contribution in [0.1, 0.15) is 143 Å². The number of benzene rings is 6. The van der Waals surface area contributed by atoms with Crippen LogP contribution in [0.4, 0.5) is 51.4 Å². The average molecular weight is 949 g/mol. The number of fused-ring (bicyclic) bond motifs is 8. The molecule has 4 heterocycles. The Labute approximate surface area is 427 Å². The van der Waals surface area contributed by atoms with Crippen LogP contribution in [0.25, 0.3) is 10.1 Å². The van der Waals surface area contributed by atoms with Crippen LogP contribution in [0.2, 0.25) is 0 Å². The van der Waals surface area contributed by atoms with Gasteiger partial charge in [0.25, 0.3) is 6.71 Å². The number of nitrogens with zero attached hydrogens (tertiary/aromatic N) is 4. The second-order valence-corrected chi connectivity index (χ2v) is 27.1. The Morgan fingerprint density at radius 1 is 0.521 bits per heavy atom. The zero-order valence-corrected chi connectivity index (χ0v) is 45.3. The number of rotatable bonds is 5. The molecule has 6 aromatic carbocycles. The van der Waals surface area contributed by atoms with Crippen LogP contribution in [-0.2, 0) is 32.5 Å². The number of hydrogen-bond acceptors (Lipinski definition) is 5. The van der Waals surface area contributed by atoms with Gasteiger partial charge in [0, 0.05) is 55.1 Å². The Hall–Kier alpha value is -6.11. The van der Waals surface area contributed by atoms with Crippen LogP contribution >= 0.6 is 11.3 Å². The van der Waals surface area contributed by atoms with Crippen LogP contribution in [0.5, 0.6) is 0 Å². The first-order valence-corrected chi connectivity index (χ1v) is 26.8. The Bertz CT molecular complexity index is 3420. The maximum absolute atomic E-state index is 6.11.